The summed E-state index contributed by atoms with van der Waals surface area (Å²) in [7, 11) is 0. The van der Waals surface area contributed by atoms with E-state index in [1.165, 1.54) is 6.92 Å². The molecular formula is C14H24N4O5. The quantitative estimate of drug-likeness (QED) is 0.645. The predicted molar refractivity (Wildman–Crippen MR) is 81.5 cm³/mol. The first-order valence-corrected chi connectivity index (χ1v) is 7.64. The number of carbonyl (C=O) groups excluding carboxylic acids is 4. The van der Waals surface area contributed by atoms with E-state index in [4.69, 9.17) is 4.74 Å². The molecule has 0 aromatic rings. The van der Waals surface area contributed by atoms with Crippen molar-refractivity contribution in [1.29, 1.82) is 0 Å². The van der Waals surface area contributed by atoms with Crippen molar-refractivity contribution in [1.82, 2.24) is 20.4 Å². The number of carbonyl (C=O) groups is 4. The summed E-state index contributed by atoms with van der Waals surface area (Å²) in [6.45, 7) is 5.26. The summed E-state index contributed by atoms with van der Waals surface area (Å²) in [5.41, 5.74) is 0. The average Bonchev–Trinajstić information content (AvgIpc) is 2.52. The Morgan fingerprint density at radius 3 is 2.17 bits per heavy atom. The van der Waals surface area contributed by atoms with Gasteiger partial charge in [0.15, 0.2) is 0 Å². The highest BCUT2D eigenvalue weighted by atomic mass is 16.6. The van der Waals surface area contributed by atoms with Crippen LogP contribution >= 0.6 is 0 Å². The molecule has 0 aromatic heterocycles. The van der Waals surface area contributed by atoms with Crippen LogP contribution < -0.4 is 10.6 Å². The van der Waals surface area contributed by atoms with Gasteiger partial charge in [-0.05, 0) is 6.92 Å². The molecule has 1 aliphatic rings. The predicted octanol–water partition coefficient (Wildman–Crippen LogP) is -1.07. The number of nitrogens with one attached hydrogen (secondary N) is 2. The Kier molecular flexibility index (Phi) is 7.86. The van der Waals surface area contributed by atoms with Crippen LogP contribution in [0, 0.1) is 0 Å². The second-order valence-corrected chi connectivity index (χ2v) is 5.08. The van der Waals surface area contributed by atoms with Gasteiger partial charge in [-0.3, -0.25) is 14.4 Å². The maximum absolute atomic E-state index is 12.0. The number of ether oxygens (including phenoxy) is 1. The molecule has 0 aromatic carbocycles. The molecule has 4 amide bonds. The highest BCUT2D eigenvalue weighted by molar-refractivity contribution is 5.85. The molecule has 2 N–H and O–H groups in total. The van der Waals surface area contributed by atoms with Gasteiger partial charge in [-0.1, -0.05) is 0 Å². The van der Waals surface area contributed by atoms with Crippen molar-refractivity contribution in [3.63, 3.8) is 0 Å². The molecule has 0 aliphatic carbocycles. The summed E-state index contributed by atoms with van der Waals surface area (Å²) in [4.78, 5) is 48.9. The van der Waals surface area contributed by atoms with Gasteiger partial charge in [0, 0.05) is 46.1 Å². The molecule has 1 saturated heterocycles. The van der Waals surface area contributed by atoms with Gasteiger partial charge in [0.05, 0.1) is 13.2 Å². The summed E-state index contributed by atoms with van der Waals surface area (Å²) in [6, 6.07) is 0. The molecule has 0 radical (unpaired) electrons. The van der Waals surface area contributed by atoms with Crippen LogP contribution in [0.3, 0.4) is 0 Å². The second kappa shape index (κ2) is 9.65. The Morgan fingerprint density at radius 1 is 1.00 bits per heavy atom. The van der Waals surface area contributed by atoms with E-state index in [0.29, 0.717) is 32.8 Å². The van der Waals surface area contributed by atoms with Crippen molar-refractivity contribution in [2.24, 2.45) is 0 Å². The number of piperazine rings is 1. The standard InChI is InChI=1S/C14H24N4O5/c1-3-23-14(22)18-8-6-17(7-9-18)13(21)10-16-12(20)4-5-15-11(2)19/h3-10H2,1-2H3,(H,15,19)(H,16,20). The number of hydrogen-bond donors (Lipinski definition) is 2. The van der Waals surface area contributed by atoms with Crippen LogP contribution in [0.25, 0.3) is 0 Å². The lowest BCUT2D eigenvalue weighted by atomic mass is 10.3. The molecule has 1 heterocycles. The van der Waals surface area contributed by atoms with E-state index in [2.05, 4.69) is 10.6 Å². The van der Waals surface area contributed by atoms with Gasteiger partial charge in [0.1, 0.15) is 0 Å². The summed E-state index contributed by atoms with van der Waals surface area (Å²) in [6.07, 6.45) is -0.241. The van der Waals surface area contributed by atoms with E-state index in [1.807, 2.05) is 0 Å². The first kappa shape index (κ1) is 18.7. The Morgan fingerprint density at radius 2 is 1.61 bits per heavy atom. The lowest BCUT2D eigenvalue weighted by molar-refractivity contribution is -0.134. The lowest BCUT2D eigenvalue weighted by Crippen LogP contribution is -2.52. The molecule has 0 bridgehead atoms. The minimum Gasteiger partial charge on any atom is -0.450 e. The van der Waals surface area contributed by atoms with Gasteiger partial charge in [0.2, 0.25) is 17.7 Å². The molecule has 9 heteroatoms. The minimum atomic E-state index is -0.370. The van der Waals surface area contributed by atoms with E-state index in [-0.39, 0.29) is 43.3 Å². The molecule has 1 fully saturated rings. The average molecular weight is 328 g/mol. The van der Waals surface area contributed by atoms with Gasteiger partial charge >= 0.3 is 6.09 Å². The maximum atomic E-state index is 12.0. The number of nitrogens with zero attached hydrogens (tertiary/aromatic N) is 2. The highest BCUT2D eigenvalue weighted by Crippen LogP contribution is 2.04. The molecule has 0 spiro atoms. The van der Waals surface area contributed by atoms with Crippen molar-refractivity contribution in [2.45, 2.75) is 20.3 Å². The van der Waals surface area contributed by atoms with E-state index < -0.39 is 0 Å². The molecular weight excluding hydrogens is 304 g/mol. The molecule has 0 saturated carbocycles. The summed E-state index contributed by atoms with van der Waals surface area (Å²) in [5.74, 6) is -0.688. The second-order valence-electron chi connectivity index (χ2n) is 5.08. The van der Waals surface area contributed by atoms with Crippen molar-refractivity contribution in [3.8, 4) is 0 Å². The van der Waals surface area contributed by atoms with Crippen LogP contribution in [0.1, 0.15) is 20.3 Å². The Labute approximate surface area is 135 Å². The first-order chi connectivity index (χ1) is 10.9. The van der Waals surface area contributed by atoms with Gasteiger partial charge in [-0.25, -0.2) is 4.79 Å². The largest absolute Gasteiger partial charge is 0.450 e. The molecule has 0 unspecified atom stereocenters. The zero-order valence-electron chi connectivity index (χ0n) is 13.6. The van der Waals surface area contributed by atoms with Crippen molar-refractivity contribution in [3.05, 3.63) is 0 Å². The van der Waals surface area contributed by atoms with Gasteiger partial charge < -0.3 is 25.2 Å². The minimum absolute atomic E-state index is 0.0850. The monoisotopic (exact) mass is 328 g/mol. The maximum Gasteiger partial charge on any atom is 0.409 e. The zero-order chi connectivity index (χ0) is 17.2. The number of hydrogen-bond acceptors (Lipinski definition) is 5. The van der Waals surface area contributed by atoms with Gasteiger partial charge in [-0.2, -0.15) is 0 Å². The molecule has 0 atom stereocenters. The van der Waals surface area contributed by atoms with Gasteiger partial charge in [-0.15, -0.1) is 0 Å². The third-order valence-electron chi connectivity index (χ3n) is 3.32. The fourth-order valence-electron chi connectivity index (χ4n) is 2.08. The molecule has 1 rings (SSSR count). The summed E-state index contributed by atoms with van der Waals surface area (Å²) < 4.78 is 4.91. The lowest BCUT2D eigenvalue weighted by Gasteiger charge is -2.34. The molecule has 9 nitrogen and oxygen atoms in total. The first-order valence-electron chi connectivity index (χ1n) is 7.64. The van der Waals surface area contributed by atoms with Crippen molar-refractivity contribution in [2.75, 3.05) is 45.9 Å². The van der Waals surface area contributed by atoms with Crippen molar-refractivity contribution < 1.29 is 23.9 Å². The smallest absolute Gasteiger partial charge is 0.409 e. The molecule has 130 valence electrons. The van der Waals surface area contributed by atoms with Crippen LogP contribution in [-0.2, 0) is 19.1 Å². The molecule has 23 heavy (non-hydrogen) atoms. The van der Waals surface area contributed by atoms with Gasteiger partial charge in [0.25, 0.3) is 0 Å². The SMILES string of the molecule is CCOC(=O)N1CCN(C(=O)CNC(=O)CCNC(C)=O)CC1. The van der Waals surface area contributed by atoms with E-state index in [0.717, 1.165) is 0 Å². The number of rotatable bonds is 6. The topological polar surface area (TPSA) is 108 Å². The Hall–Kier alpha value is -2.32. The third-order valence-corrected chi connectivity index (χ3v) is 3.32. The third kappa shape index (κ3) is 6.98. The number of amides is 4. The summed E-state index contributed by atoms with van der Waals surface area (Å²) >= 11 is 0. The van der Waals surface area contributed by atoms with Crippen LogP contribution in [0.4, 0.5) is 4.79 Å². The van der Waals surface area contributed by atoms with Crippen LogP contribution in [-0.4, -0.2) is 79.5 Å². The molecule has 1 aliphatic heterocycles. The zero-order valence-corrected chi connectivity index (χ0v) is 13.6. The fourth-order valence-corrected chi connectivity index (χ4v) is 2.08. The Bertz CT molecular complexity index is 446. The normalized spacial score (nSPS) is 14.2. The Balaban J connectivity index is 2.22. The summed E-state index contributed by atoms with van der Waals surface area (Å²) in [5, 5.41) is 5.03. The highest BCUT2D eigenvalue weighted by Gasteiger charge is 2.24. The fraction of sp³-hybridized carbons (Fsp3) is 0.714. The van der Waals surface area contributed by atoms with Crippen LogP contribution in [0.5, 0.6) is 0 Å². The van der Waals surface area contributed by atoms with E-state index in [1.54, 1.807) is 16.7 Å². The van der Waals surface area contributed by atoms with Crippen molar-refractivity contribution >= 4 is 23.8 Å². The van der Waals surface area contributed by atoms with E-state index in [9.17, 15) is 19.2 Å². The van der Waals surface area contributed by atoms with Crippen LogP contribution in [0.2, 0.25) is 0 Å². The van der Waals surface area contributed by atoms with Crippen LogP contribution in [0.15, 0.2) is 0 Å². The van der Waals surface area contributed by atoms with E-state index >= 15 is 0 Å².